The van der Waals surface area contributed by atoms with E-state index in [0.717, 1.165) is 10.0 Å². The van der Waals surface area contributed by atoms with Crippen molar-refractivity contribution < 1.29 is 14.7 Å². The number of rotatable bonds is 3. The Morgan fingerprint density at radius 3 is 2.67 bits per heavy atom. The van der Waals surface area contributed by atoms with Crippen LogP contribution in [0.25, 0.3) is 6.08 Å². The Labute approximate surface area is 156 Å². The lowest BCUT2D eigenvalue weighted by molar-refractivity contribution is -0.113. The van der Waals surface area contributed by atoms with Gasteiger partial charge in [-0.1, -0.05) is 58.1 Å². The van der Waals surface area contributed by atoms with Crippen LogP contribution < -0.4 is 4.90 Å². The van der Waals surface area contributed by atoms with Crippen LogP contribution >= 0.6 is 39.9 Å². The molecule has 3 rings (SSSR count). The summed E-state index contributed by atoms with van der Waals surface area (Å²) >= 11 is 9.89. The molecule has 120 valence electrons. The molecule has 1 fully saturated rings. The van der Waals surface area contributed by atoms with Crippen molar-refractivity contribution in [2.45, 2.75) is 0 Å². The molecule has 0 spiro atoms. The molecule has 0 radical (unpaired) electrons. The molecule has 0 saturated carbocycles. The monoisotopic (exact) mass is 419 g/mol. The second-order valence-electron chi connectivity index (χ2n) is 4.93. The van der Waals surface area contributed by atoms with Gasteiger partial charge in [-0.15, -0.1) is 0 Å². The van der Waals surface area contributed by atoms with Crippen molar-refractivity contribution in [3.63, 3.8) is 0 Å². The first-order chi connectivity index (χ1) is 11.5. The SMILES string of the molecule is O=C(O)c1cccc(N2C(=O)C(=Cc3cccc(Br)c3)SC2=S)c1. The number of hydrogen-bond acceptors (Lipinski definition) is 4. The maximum atomic E-state index is 12.7. The van der Waals surface area contributed by atoms with Crippen LogP contribution in [0.5, 0.6) is 0 Å². The Balaban J connectivity index is 1.95. The number of carboxylic acid groups (broad SMARTS) is 1. The van der Waals surface area contributed by atoms with Gasteiger partial charge in [0.2, 0.25) is 0 Å². The molecular formula is C17H10BrNO3S2. The highest BCUT2D eigenvalue weighted by atomic mass is 79.9. The number of nitrogens with zero attached hydrogens (tertiary/aromatic N) is 1. The van der Waals surface area contributed by atoms with Crippen molar-refractivity contribution in [2.24, 2.45) is 0 Å². The lowest BCUT2D eigenvalue weighted by atomic mass is 10.2. The number of carbonyl (C=O) groups is 2. The fraction of sp³-hybridized carbons (Fsp3) is 0. The minimum absolute atomic E-state index is 0.109. The molecule has 2 aromatic rings. The lowest BCUT2D eigenvalue weighted by Gasteiger charge is -2.14. The van der Waals surface area contributed by atoms with E-state index in [2.05, 4.69) is 15.9 Å². The van der Waals surface area contributed by atoms with Gasteiger partial charge in [0.25, 0.3) is 5.91 Å². The van der Waals surface area contributed by atoms with Crippen LogP contribution in [0, 0.1) is 0 Å². The van der Waals surface area contributed by atoms with Crippen LogP contribution in [-0.4, -0.2) is 21.3 Å². The predicted molar refractivity (Wildman–Crippen MR) is 103 cm³/mol. The van der Waals surface area contributed by atoms with E-state index in [4.69, 9.17) is 17.3 Å². The van der Waals surface area contributed by atoms with Crippen LogP contribution in [0.2, 0.25) is 0 Å². The second-order valence-corrected chi connectivity index (χ2v) is 7.52. The van der Waals surface area contributed by atoms with E-state index < -0.39 is 5.97 Å². The Hall–Kier alpha value is -1.96. The van der Waals surface area contributed by atoms with Crippen molar-refractivity contribution in [2.75, 3.05) is 4.90 Å². The number of aromatic carboxylic acids is 1. The first-order valence-corrected chi connectivity index (χ1v) is 8.84. The third-order valence-electron chi connectivity index (χ3n) is 3.29. The van der Waals surface area contributed by atoms with E-state index >= 15 is 0 Å². The van der Waals surface area contributed by atoms with E-state index in [1.165, 1.54) is 28.8 Å². The average Bonchev–Trinajstić information content (AvgIpc) is 2.81. The summed E-state index contributed by atoms with van der Waals surface area (Å²) in [5, 5.41) is 9.10. The summed E-state index contributed by atoms with van der Waals surface area (Å²) in [6.07, 6.45) is 1.77. The van der Waals surface area contributed by atoms with E-state index in [-0.39, 0.29) is 11.5 Å². The van der Waals surface area contributed by atoms with Gasteiger partial charge in [-0.05, 0) is 42.0 Å². The van der Waals surface area contributed by atoms with Crippen LogP contribution in [0.4, 0.5) is 5.69 Å². The fourth-order valence-corrected chi connectivity index (χ4v) is 3.93. The highest BCUT2D eigenvalue weighted by Crippen LogP contribution is 2.36. The van der Waals surface area contributed by atoms with Gasteiger partial charge in [0.05, 0.1) is 16.2 Å². The molecule has 0 aromatic heterocycles. The second kappa shape index (κ2) is 6.88. The summed E-state index contributed by atoms with van der Waals surface area (Å²) in [6.45, 7) is 0. The first-order valence-electron chi connectivity index (χ1n) is 6.82. The fourth-order valence-electron chi connectivity index (χ4n) is 2.22. The van der Waals surface area contributed by atoms with Crippen LogP contribution in [0.15, 0.2) is 57.9 Å². The molecule has 24 heavy (non-hydrogen) atoms. The Morgan fingerprint density at radius 2 is 1.96 bits per heavy atom. The van der Waals surface area contributed by atoms with Crippen LogP contribution in [-0.2, 0) is 4.79 Å². The number of thioether (sulfide) groups is 1. The third-order valence-corrected chi connectivity index (χ3v) is 5.09. The van der Waals surface area contributed by atoms with Gasteiger partial charge in [-0.25, -0.2) is 4.79 Å². The highest BCUT2D eigenvalue weighted by molar-refractivity contribution is 9.10. The molecule has 1 N–H and O–H groups in total. The van der Waals surface area contributed by atoms with Crippen LogP contribution in [0.3, 0.4) is 0 Å². The van der Waals surface area contributed by atoms with Crippen molar-refractivity contribution in [3.05, 3.63) is 69.0 Å². The smallest absolute Gasteiger partial charge is 0.335 e. The Bertz CT molecular complexity index is 895. The topological polar surface area (TPSA) is 57.6 Å². The number of carbonyl (C=O) groups excluding carboxylic acids is 1. The summed E-state index contributed by atoms with van der Waals surface area (Å²) in [6, 6.07) is 13.7. The number of anilines is 1. The van der Waals surface area contributed by atoms with Crippen molar-refractivity contribution in [1.29, 1.82) is 0 Å². The minimum Gasteiger partial charge on any atom is -0.478 e. The molecule has 0 aliphatic carbocycles. The van der Waals surface area contributed by atoms with Gasteiger partial charge in [0, 0.05) is 4.47 Å². The molecule has 1 aliphatic heterocycles. The van der Waals surface area contributed by atoms with Crippen molar-refractivity contribution in [1.82, 2.24) is 0 Å². The molecule has 0 atom stereocenters. The summed E-state index contributed by atoms with van der Waals surface area (Å²) in [4.78, 5) is 25.6. The lowest BCUT2D eigenvalue weighted by Crippen LogP contribution is -2.27. The van der Waals surface area contributed by atoms with Crippen molar-refractivity contribution >= 4 is 67.9 Å². The zero-order valence-corrected chi connectivity index (χ0v) is 15.3. The van der Waals surface area contributed by atoms with Gasteiger partial charge in [-0.2, -0.15) is 0 Å². The number of hydrogen-bond donors (Lipinski definition) is 1. The van der Waals surface area contributed by atoms with E-state index in [9.17, 15) is 9.59 Å². The minimum atomic E-state index is -1.05. The van der Waals surface area contributed by atoms with Gasteiger partial charge in [0.1, 0.15) is 0 Å². The molecule has 1 aliphatic rings. The number of thiocarbonyl (C=S) groups is 1. The summed E-state index contributed by atoms with van der Waals surface area (Å²) in [5.74, 6) is -1.31. The van der Waals surface area contributed by atoms with E-state index in [0.29, 0.717) is 14.9 Å². The predicted octanol–water partition coefficient (Wildman–Crippen LogP) is 4.55. The molecule has 2 aromatic carbocycles. The van der Waals surface area contributed by atoms with Crippen LogP contribution in [0.1, 0.15) is 15.9 Å². The molecular weight excluding hydrogens is 410 g/mol. The van der Waals surface area contributed by atoms with Gasteiger partial charge >= 0.3 is 5.97 Å². The largest absolute Gasteiger partial charge is 0.478 e. The molecule has 0 bridgehead atoms. The van der Waals surface area contributed by atoms with Gasteiger partial charge in [-0.3, -0.25) is 9.69 Å². The molecule has 1 heterocycles. The normalized spacial score (nSPS) is 16.0. The maximum Gasteiger partial charge on any atom is 0.335 e. The zero-order chi connectivity index (χ0) is 17.3. The number of halogens is 1. The van der Waals surface area contributed by atoms with Gasteiger partial charge in [0.15, 0.2) is 4.32 Å². The third kappa shape index (κ3) is 3.43. The zero-order valence-electron chi connectivity index (χ0n) is 12.1. The Kier molecular flexibility index (Phi) is 4.84. The van der Waals surface area contributed by atoms with Gasteiger partial charge < -0.3 is 5.11 Å². The standard InChI is InChI=1S/C17H10BrNO3S2/c18-12-5-1-3-10(7-12)8-14-15(20)19(17(23)24-14)13-6-2-4-11(9-13)16(21)22/h1-9H,(H,21,22). The summed E-state index contributed by atoms with van der Waals surface area (Å²) in [5.41, 5.74) is 1.44. The molecule has 4 nitrogen and oxygen atoms in total. The molecule has 1 amide bonds. The number of amides is 1. The van der Waals surface area contributed by atoms with E-state index in [1.54, 1.807) is 18.2 Å². The molecule has 1 saturated heterocycles. The maximum absolute atomic E-state index is 12.7. The average molecular weight is 420 g/mol. The Morgan fingerprint density at radius 1 is 1.21 bits per heavy atom. The summed E-state index contributed by atoms with van der Waals surface area (Å²) in [7, 11) is 0. The van der Waals surface area contributed by atoms with E-state index in [1.807, 2.05) is 24.3 Å². The quantitative estimate of drug-likeness (QED) is 0.583. The number of carboxylic acids is 1. The number of benzene rings is 2. The summed E-state index contributed by atoms with van der Waals surface area (Å²) < 4.78 is 1.30. The molecule has 7 heteroatoms. The molecule has 0 unspecified atom stereocenters. The van der Waals surface area contributed by atoms with Crippen molar-refractivity contribution in [3.8, 4) is 0 Å². The first kappa shape index (κ1) is 16.9. The highest BCUT2D eigenvalue weighted by Gasteiger charge is 2.33.